The molecule has 0 amide bonds. The number of nitrogens with one attached hydrogen (secondary N) is 1. The van der Waals surface area contributed by atoms with Gasteiger partial charge in [0.2, 0.25) is 10.0 Å². The molecule has 0 spiro atoms. The second-order valence-corrected chi connectivity index (χ2v) is 15.2. The first-order valence-electron chi connectivity index (χ1n) is 14.3. The molecular formula is C30H29ClFN7O7S2. The Kier molecular flexibility index (Phi) is 10.5. The molecule has 14 nitrogen and oxygen atoms in total. The highest BCUT2D eigenvalue weighted by atomic mass is 35.5. The number of halogens is 2. The first-order valence-corrected chi connectivity index (χ1v) is 18.2. The predicted octanol–water partition coefficient (Wildman–Crippen LogP) is 4.98. The Balaban J connectivity index is 1.28. The van der Waals surface area contributed by atoms with E-state index in [1.807, 2.05) is 0 Å². The van der Waals surface area contributed by atoms with Crippen LogP contribution in [0.4, 0.5) is 21.6 Å². The van der Waals surface area contributed by atoms with Gasteiger partial charge in [-0.1, -0.05) is 35.9 Å². The zero-order chi connectivity index (χ0) is 34.5. The van der Waals surface area contributed by atoms with Crippen LogP contribution in [0.15, 0.2) is 84.1 Å². The first-order chi connectivity index (χ1) is 22.8. The second-order valence-electron chi connectivity index (χ2n) is 10.6. The van der Waals surface area contributed by atoms with E-state index in [1.54, 1.807) is 41.2 Å². The second kappa shape index (κ2) is 14.6. The van der Waals surface area contributed by atoms with Crippen molar-refractivity contribution in [2.24, 2.45) is 0 Å². The molecule has 0 aliphatic heterocycles. The highest BCUT2D eigenvalue weighted by Gasteiger charge is 2.31. The number of hydrogen-bond donors (Lipinski definition) is 1. The topological polar surface area (TPSA) is 180 Å². The van der Waals surface area contributed by atoms with Gasteiger partial charge in [0.15, 0.2) is 16.2 Å². The molecule has 2 heterocycles. The Labute approximate surface area is 280 Å². The molecule has 0 unspecified atom stereocenters. The van der Waals surface area contributed by atoms with Gasteiger partial charge in [0, 0.05) is 37.6 Å². The summed E-state index contributed by atoms with van der Waals surface area (Å²) in [5, 5.41) is 19.5. The SMILES string of the molecule is CS(=O)(=O)CCN(CCCn1cc2ncnc(Nc3ccc(OCc4cccc(F)c4)c(Cl)c3)c2n1)S(=O)(=O)c1ccccc1[N+](=O)[O-]. The monoisotopic (exact) mass is 717 g/mol. The van der Waals surface area contributed by atoms with Crippen molar-refractivity contribution in [3.05, 3.63) is 106 Å². The molecule has 1 N–H and O–H groups in total. The van der Waals surface area contributed by atoms with E-state index in [1.165, 1.54) is 30.6 Å². The van der Waals surface area contributed by atoms with E-state index >= 15 is 0 Å². The summed E-state index contributed by atoms with van der Waals surface area (Å²) in [7, 11) is -7.96. The summed E-state index contributed by atoms with van der Waals surface area (Å²) in [5.41, 5.74) is 1.53. The number of hydrogen-bond acceptors (Lipinski definition) is 11. The lowest BCUT2D eigenvalue weighted by Crippen LogP contribution is -2.36. The number of anilines is 2. The third kappa shape index (κ3) is 8.60. The number of para-hydroxylation sites is 1. The van der Waals surface area contributed by atoms with Gasteiger partial charge in [0.05, 0.1) is 21.9 Å². The van der Waals surface area contributed by atoms with Crippen LogP contribution >= 0.6 is 11.6 Å². The Bertz CT molecular complexity index is 2180. The maximum absolute atomic E-state index is 13.5. The van der Waals surface area contributed by atoms with Crippen molar-refractivity contribution >= 4 is 59.7 Å². The minimum atomic E-state index is -4.42. The maximum atomic E-state index is 13.5. The molecule has 0 bridgehead atoms. The molecule has 5 rings (SSSR count). The minimum Gasteiger partial charge on any atom is -0.487 e. The van der Waals surface area contributed by atoms with Crippen molar-refractivity contribution in [3.8, 4) is 5.75 Å². The van der Waals surface area contributed by atoms with E-state index in [0.717, 1.165) is 22.7 Å². The number of aryl methyl sites for hydroxylation is 1. The fourth-order valence-corrected chi connectivity index (χ4v) is 7.24. The lowest BCUT2D eigenvalue weighted by molar-refractivity contribution is -0.387. The molecule has 18 heteroatoms. The standard InChI is InChI=1S/C30H29ClFN7O7S2/c1-47(42,43)15-14-38(48(44,45)28-9-3-2-8-26(28)39(40)41)13-5-12-37-18-25-29(36-37)30(34-20-33-25)35-23-10-11-27(24(31)17-23)46-19-21-6-4-7-22(32)16-21/h2-4,6-11,16-18,20H,5,12-15,19H2,1H3,(H,33,34,35). The van der Waals surface area contributed by atoms with E-state index in [-0.39, 0.29) is 38.5 Å². The third-order valence-electron chi connectivity index (χ3n) is 7.01. The number of nitro benzene ring substituents is 1. The van der Waals surface area contributed by atoms with Gasteiger partial charge in [-0.25, -0.2) is 31.2 Å². The zero-order valence-electron chi connectivity index (χ0n) is 25.4. The van der Waals surface area contributed by atoms with E-state index in [4.69, 9.17) is 16.3 Å². The molecule has 5 aromatic rings. The molecule has 0 fully saturated rings. The smallest absolute Gasteiger partial charge is 0.289 e. The zero-order valence-corrected chi connectivity index (χ0v) is 27.8. The van der Waals surface area contributed by atoms with Crippen LogP contribution in [0, 0.1) is 15.9 Å². The fraction of sp³-hybridized carbons (Fsp3) is 0.233. The van der Waals surface area contributed by atoms with E-state index < -0.39 is 41.1 Å². The molecule has 0 atom stereocenters. The number of aromatic nitrogens is 4. The number of rotatable bonds is 15. The molecule has 2 aromatic heterocycles. The summed E-state index contributed by atoms with van der Waals surface area (Å²) in [6.07, 6.45) is 4.17. The van der Waals surface area contributed by atoms with Gasteiger partial charge in [-0.2, -0.15) is 9.40 Å². The number of nitro groups is 1. The Hall–Kier alpha value is -4.71. The minimum absolute atomic E-state index is 0.127. The van der Waals surface area contributed by atoms with Crippen LogP contribution in [0.1, 0.15) is 12.0 Å². The van der Waals surface area contributed by atoms with Crippen LogP contribution < -0.4 is 10.1 Å². The van der Waals surface area contributed by atoms with Crippen LogP contribution in [0.3, 0.4) is 0 Å². The third-order valence-corrected chi connectivity index (χ3v) is 10.2. The summed E-state index contributed by atoms with van der Waals surface area (Å²) in [6, 6.07) is 16.0. The quantitative estimate of drug-likeness (QED) is 0.114. The van der Waals surface area contributed by atoms with Crippen molar-refractivity contribution in [1.82, 2.24) is 24.1 Å². The summed E-state index contributed by atoms with van der Waals surface area (Å²) >= 11 is 6.44. The van der Waals surface area contributed by atoms with Gasteiger partial charge in [0.25, 0.3) is 5.69 Å². The molecule has 0 saturated carbocycles. The summed E-state index contributed by atoms with van der Waals surface area (Å²) in [6.45, 7) is -0.184. The molecule has 48 heavy (non-hydrogen) atoms. The van der Waals surface area contributed by atoms with Crippen molar-refractivity contribution in [3.63, 3.8) is 0 Å². The highest BCUT2D eigenvalue weighted by Crippen LogP contribution is 2.31. The molecule has 0 aliphatic rings. The molecule has 0 radical (unpaired) electrons. The highest BCUT2D eigenvalue weighted by molar-refractivity contribution is 7.91. The van der Waals surface area contributed by atoms with Gasteiger partial charge < -0.3 is 10.1 Å². The molecule has 0 aliphatic carbocycles. The van der Waals surface area contributed by atoms with Crippen LogP contribution in [-0.4, -0.2) is 70.9 Å². The van der Waals surface area contributed by atoms with Gasteiger partial charge in [-0.05, 0) is 48.4 Å². The average molecular weight is 718 g/mol. The maximum Gasteiger partial charge on any atom is 0.289 e. The van der Waals surface area contributed by atoms with E-state index in [0.29, 0.717) is 38.9 Å². The van der Waals surface area contributed by atoms with Gasteiger partial charge in [-0.3, -0.25) is 14.8 Å². The summed E-state index contributed by atoms with van der Waals surface area (Å²) in [4.78, 5) is 18.8. The van der Waals surface area contributed by atoms with E-state index in [9.17, 15) is 31.3 Å². The average Bonchev–Trinajstić information content (AvgIpc) is 3.46. The molecule has 0 saturated heterocycles. The lowest BCUT2D eigenvalue weighted by Gasteiger charge is -2.21. The van der Waals surface area contributed by atoms with Crippen molar-refractivity contribution in [2.45, 2.75) is 24.5 Å². The number of fused-ring (bicyclic) bond motifs is 1. The fourth-order valence-electron chi connectivity index (χ4n) is 4.70. The number of nitrogens with zero attached hydrogens (tertiary/aromatic N) is 6. The van der Waals surface area contributed by atoms with Crippen LogP contribution in [0.25, 0.3) is 11.0 Å². The molecule has 3 aromatic carbocycles. The number of benzene rings is 3. The number of ether oxygens (including phenoxy) is 1. The predicted molar refractivity (Wildman–Crippen MR) is 177 cm³/mol. The van der Waals surface area contributed by atoms with Crippen molar-refractivity contribution in [1.29, 1.82) is 0 Å². The van der Waals surface area contributed by atoms with Crippen molar-refractivity contribution in [2.75, 3.05) is 30.4 Å². The van der Waals surface area contributed by atoms with Crippen LogP contribution in [-0.2, 0) is 33.0 Å². The van der Waals surface area contributed by atoms with Crippen molar-refractivity contribution < 1.29 is 30.9 Å². The Morgan fingerprint density at radius 1 is 1.04 bits per heavy atom. The van der Waals surface area contributed by atoms with Gasteiger partial charge in [-0.15, -0.1) is 0 Å². The number of sulfone groups is 1. The van der Waals surface area contributed by atoms with Gasteiger partial charge in [0.1, 0.15) is 39.9 Å². The Morgan fingerprint density at radius 3 is 2.56 bits per heavy atom. The lowest BCUT2D eigenvalue weighted by atomic mass is 10.2. The molecular weight excluding hydrogens is 689 g/mol. The van der Waals surface area contributed by atoms with Crippen LogP contribution in [0.5, 0.6) is 5.75 Å². The van der Waals surface area contributed by atoms with Crippen LogP contribution in [0.2, 0.25) is 5.02 Å². The summed E-state index contributed by atoms with van der Waals surface area (Å²) < 4.78 is 72.4. The normalized spacial score (nSPS) is 12.0. The summed E-state index contributed by atoms with van der Waals surface area (Å²) in [5.74, 6) is -0.0564. The number of sulfonamides is 1. The van der Waals surface area contributed by atoms with Gasteiger partial charge >= 0.3 is 0 Å². The Morgan fingerprint density at radius 2 is 1.83 bits per heavy atom. The first kappa shape index (κ1) is 34.6. The van der Waals surface area contributed by atoms with E-state index in [2.05, 4.69) is 20.4 Å². The molecule has 252 valence electrons. The largest absolute Gasteiger partial charge is 0.487 e.